The number of nitro benzene ring substituents is 1. The predicted octanol–water partition coefficient (Wildman–Crippen LogP) is 3.18. The van der Waals surface area contributed by atoms with Crippen LogP contribution in [0.15, 0.2) is 59.4 Å². The van der Waals surface area contributed by atoms with Gasteiger partial charge in [-0.25, -0.2) is 4.68 Å². The molecule has 0 fully saturated rings. The Morgan fingerprint density at radius 3 is 2.29 bits per heavy atom. The number of benzene rings is 2. The van der Waals surface area contributed by atoms with Crippen molar-refractivity contribution in [3.05, 3.63) is 91.9 Å². The van der Waals surface area contributed by atoms with Crippen molar-refractivity contribution in [1.29, 1.82) is 10.5 Å². The Kier molecular flexibility index (Phi) is 5.05. The second-order valence-electron chi connectivity index (χ2n) is 6.16. The monoisotopic (exact) mass is 373 g/mol. The molecule has 0 saturated heterocycles. The van der Waals surface area contributed by atoms with Gasteiger partial charge in [0.1, 0.15) is 5.92 Å². The van der Waals surface area contributed by atoms with Crippen LogP contribution in [0, 0.1) is 45.6 Å². The molecule has 28 heavy (non-hydrogen) atoms. The van der Waals surface area contributed by atoms with Crippen molar-refractivity contribution in [2.75, 3.05) is 0 Å². The SMILES string of the molecule is Cc1[nH]n(-c2ccccc2)c(=O)c1[C@@H](c1ccccc1[N+](=O)[O-])C(C#N)C#N. The highest BCUT2D eigenvalue weighted by Gasteiger charge is 2.35. The van der Waals surface area contributed by atoms with E-state index in [1.54, 1.807) is 37.3 Å². The van der Waals surface area contributed by atoms with E-state index in [4.69, 9.17) is 0 Å². The maximum atomic E-state index is 13.2. The Balaban J connectivity index is 2.30. The Morgan fingerprint density at radius 2 is 1.68 bits per heavy atom. The van der Waals surface area contributed by atoms with Crippen LogP contribution in [0.4, 0.5) is 5.69 Å². The number of hydrogen-bond donors (Lipinski definition) is 1. The zero-order chi connectivity index (χ0) is 20.3. The van der Waals surface area contributed by atoms with Crippen LogP contribution in [-0.2, 0) is 0 Å². The molecule has 0 amide bonds. The van der Waals surface area contributed by atoms with Gasteiger partial charge in [0.15, 0.2) is 0 Å². The average molecular weight is 373 g/mol. The molecular weight excluding hydrogens is 358 g/mol. The van der Waals surface area contributed by atoms with Crippen molar-refractivity contribution in [2.24, 2.45) is 5.92 Å². The summed E-state index contributed by atoms with van der Waals surface area (Å²) in [6, 6.07) is 18.4. The lowest BCUT2D eigenvalue weighted by atomic mass is 9.81. The maximum Gasteiger partial charge on any atom is 0.275 e. The summed E-state index contributed by atoms with van der Waals surface area (Å²) in [5.74, 6) is -2.34. The molecule has 0 aliphatic carbocycles. The highest BCUT2D eigenvalue weighted by atomic mass is 16.6. The second kappa shape index (κ2) is 7.60. The number of aryl methyl sites for hydroxylation is 1. The number of hydrogen-bond acceptors (Lipinski definition) is 5. The third kappa shape index (κ3) is 3.15. The van der Waals surface area contributed by atoms with E-state index in [1.165, 1.54) is 22.9 Å². The van der Waals surface area contributed by atoms with Gasteiger partial charge in [0.05, 0.1) is 28.7 Å². The Morgan fingerprint density at radius 1 is 1.07 bits per heavy atom. The zero-order valence-electron chi connectivity index (χ0n) is 14.9. The lowest BCUT2D eigenvalue weighted by Gasteiger charge is -2.17. The van der Waals surface area contributed by atoms with Crippen molar-refractivity contribution in [1.82, 2.24) is 9.78 Å². The molecule has 138 valence electrons. The average Bonchev–Trinajstić information content (AvgIpc) is 3.01. The van der Waals surface area contributed by atoms with Gasteiger partial charge in [-0.15, -0.1) is 0 Å². The van der Waals surface area contributed by atoms with E-state index in [1.807, 2.05) is 18.2 Å². The van der Waals surface area contributed by atoms with Crippen LogP contribution >= 0.6 is 0 Å². The largest absolute Gasteiger partial charge is 0.295 e. The number of nitrogens with zero attached hydrogens (tertiary/aromatic N) is 4. The summed E-state index contributed by atoms with van der Waals surface area (Å²) < 4.78 is 1.30. The fraction of sp³-hybridized carbons (Fsp3) is 0.150. The predicted molar refractivity (Wildman–Crippen MR) is 101 cm³/mol. The number of para-hydroxylation sites is 2. The molecular formula is C20H15N5O3. The molecule has 1 heterocycles. The quantitative estimate of drug-likeness (QED) is 0.542. The molecule has 1 aromatic heterocycles. The maximum absolute atomic E-state index is 13.2. The Bertz CT molecular complexity index is 1150. The van der Waals surface area contributed by atoms with Crippen LogP contribution in [0.1, 0.15) is 22.7 Å². The molecule has 0 aliphatic rings. The minimum Gasteiger partial charge on any atom is -0.295 e. The van der Waals surface area contributed by atoms with E-state index in [9.17, 15) is 25.4 Å². The number of H-pyrrole nitrogens is 1. The molecule has 0 aliphatic heterocycles. The van der Waals surface area contributed by atoms with Crippen molar-refractivity contribution >= 4 is 5.69 Å². The number of rotatable bonds is 5. The summed E-state index contributed by atoms with van der Waals surface area (Å²) >= 11 is 0. The summed E-state index contributed by atoms with van der Waals surface area (Å²) in [6.07, 6.45) is 0. The fourth-order valence-corrected chi connectivity index (χ4v) is 3.28. The summed E-state index contributed by atoms with van der Waals surface area (Å²) in [6.45, 7) is 1.64. The molecule has 0 bridgehead atoms. The standard InChI is InChI=1S/C20H15N5O3/c1-13-18(20(26)24(23-13)15-7-3-2-4-8-15)19(14(11-21)12-22)16-9-5-6-10-17(16)25(27)28/h2-10,14,19,23H,1H3/t19-/m1/s1. The van der Waals surface area contributed by atoms with Crippen LogP contribution in [-0.4, -0.2) is 14.7 Å². The van der Waals surface area contributed by atoms with Gasteiger partial charge in [0.25, 0.3) is 11.2 Å². The van der Waals surface area contributed by atoms with Crippen LogP contribution in [0.3, 0.4) is 0 Å². The molecule has 8 heteroatoms. The van der Waals surface area contributed by atoms with E-state index in [2.05, 4.69) is 5.10 Å². The number of nitriles is 2. The number of nitro groups is 1. The summed E-state index contributed by atoms with van der Waals surface area (Å²) in [5, 5.41) is 33.4. The first-order chi connectivity index (χ1) is 13.5. The molecule has 0 spiro atoms. The van der Waals surface area contributed by atoms with Crippen LogP contribution in [0.2, 0.25) is 0 Å². The van der Waals surface area contributed by atoms with E-state index >= 15 is 0 Å². The van der Waals surface area contributed by atoms with Crippen molar-refractivity contribution in [2.45, 2.75) is 12.8 Å². The van der Waals surface area contributed by atoms with Gasteiger partial charge in [0.2, 0.25) is 0 Å². The normalized spacial score (nSPS) is 11.6. The van der Waals surface area contributed by atoms with Crippen LogP contribution < -0.4 is 5.56 Å². The summed E-state index contributed by atoms with van der Waals surface area (Å²) in [5.41, 5.74) is 0.629. The number of aromatic nitrogens is 2. The Labute approximate surface area is 160 Å². The van der Waals surface area contributed by atoms with Crippen LogP contribution in [0.25, 0.3) is 5.69 Å². The first kappa shape index (κ1) is 18.6. The molecule has 0 saturated carbocycles. The third-order valence-corrected chi connectivity index (χ3v) is 4.52. The highest BCUT2D eigenvalue weighted by molar-refractivity contribution is 5.50. The first-order valence-corrected chi connectivity index (χ1v) is 8.39. The topological polar surface area (TPSA) is 129 Å². The molecule has 0 radical (unpaired) electrons. The first-order valence-electron chi connectivity index (χ1n) is 8.39. The van der Waals surface area contributed by atoms with Crippen molar-refractivity contribution < 1.29 is 4.92 Å². The van der Waals surface area contributed by atoms with Gasteiger partial charge in [0, 0.05) is 22.9 Å². The summed E-state index contributed by atoms with van der Waals surface area (Å²) in [7, 11) is 0. The smallest absolute Gasteiger partial charge is 0.275 e. The summed E-state index contributed by atoms with van der Waals surface area (Å²) in [4.78, 5) is 24.1. The zero-order valence-corrected chi connectivity index (χ0v) is 14.9. The van der Waals surface area contributed by atoms with Gasteiger partial charge in [-0.3, -0.25) is 20.0 Å². The van der Waals surface area contributed by atoms with Crippen molar-refractivity contribution in [3.63, 3.8) is 0 Å². The molecule has 1 N–H and O–H groups in total. The van der Waals surface area contributed by atoms with E-state index < -0.39 is 22.3 Å². The highest BCUT2D eigenvalue weighted by Crippen LogP contribution is 2.36. The van der Waals surface area contributed by atoms with E-state index in [0.717, 1.165) is 0 Å². The molecule has 3 rings (SSSR count). The lowest BCUT2D eigenvalue weighted by molar-refractivity contribution is -0.385. The van der Waals surface area contributed by atoms with Crippen LogP contribution in [0.5, 0.6) is 0 Å². The molecule has 3 aromatic rings. The molecule has 0 unspecified atom stereocenters. The van der Waals surface area contributed by atoms with Gasteiger partial charge in [-0.1, -0.05) is 36.4 Å². The molecule has 2 aromatic carbocycles. The molecule has 8 nitrogen and oxygen atoms in total. The van der Waals surface area contributed by atoms with Gasteiger partial charge in [-0.2, -0.15) is 10.5 Å². The number of aromatic amines is 1. The Hall–Kier alpha value is -4.17. The fourth-order valence-electron chi connectivity index (χ4n) is 3.28. The number of nitrogens with one attached hydrogen (secondary N) is 1. The second-order valence-corrected chi connectivity index (χ2v) is 6.16. The van der Waals surface area contributed by atoms with E-state index in [0.29, 0.717) is 11.4 Å². The lowest BCUT2D eigenvalue weighted by Crippen LogP contribution is -2.23. The van der Waals surface area contributed by atoms with Gasteiger partial charge < -0.3 is 0 Å². The minimum atomic E-state index is -1.27. The van der Waals surface area contributed by atoms with E-state index in [-0.39, 0.29) is 16.8 Å². The third-order valence-electron chi connectivity index (χ3n) is 4.52. The molecule has 1 atom stereocenters. The minimum absolute atomic E-state index is 0.153. The van der Waals surface area contributed by atoms with Gasteiger partial charge >= 0.3 is 0 Å². The van der Waals surface area contributed by atoms with Gasteiger partial charge in [-0.05, 0) is 19.1 Å². The van der Waals surface area contributed by atoms with Crippen molar-refractivity contribution in [3.8, 4) is 17.8 Å².